The van der Waals surface area contributed by atoms with Crippen molar-refractivity contribution < 1.29 is 18.7 Å². The van der Waals surface area contributed by atoms with Gasteiger partial charge in [0.05, 0.1) is 37.9 Å². The van der Waals surface area contributed by atoms with Crippen molar-refractivity contribution in [3.8, 4) is 17.2 Å². The first kappa shape index (κ1) is 20.7. The zero-order valence-electron chi connectivity index (χ0n) is 17.3. The molecule has 2 N–H and O–H groups in total. The Bertz CT molecular complexity index is 982. The van der Waals surface area contributed by atoms with Crippen LogP contribution >= 0.6 is 0 Å². The molecule has 1 aliphatic heterocycles. The summed E-state index contributed by atoms with van der Waals surface area (Å²) < 4.78 is 16.0. The highest BCUT2D eigenvalue weighted by molar-refractivity contribution is 5.89. The number of amides is 2. The number of nitrogens with one attached hydrogen (secondary N) is 2. The van der Waals surface area contributed by atoms with Crippen LogP contribution in [0.15, 0.2) is 53.3 Å². The Hall–Kier alpha value is -3.59. The molecule has 0 atom stereocenters. The molecule has 0 radical (unpaired) electrons. The first-order valence-electron chi connectivity index (χ1n) is 10.1. The number of aromatic nitrogens is 2. The van der Waals surface area contributed by atoms with Crippen LogP contribution in [0.1, 0.15) is 5.69 Å². The van der Waals surface area contributed by atoms with Crippen molar-refractivity contribution in [3.05, 3.63) is 54.6 Å². The zero-order chi connectivity index (χ0) is 21.5. The molecule has 0 spiro atoms. The minimum atomic E-state index is -0.292. The molecule has 1 saturated heterocycles. The molecule has 0 aliphatic carbocycles. The van der Waals surface area contributed by atoms with Crippen LogP contribution in [0.3, 0.4) is 0 Å². The van der Waals surface area contributed by atoms with Gasteiger partial charge in [-0.15, -0.1) is 0 Å². The van der Waals surface area contributed by atoms with E-state index in [1.807, 2.05) is 36.4 Å². The van der Waals surface area contributed by atoms with E-state index in [2.05, 4.69) is 25.5 Å². The average molecular weight is 423 g/mol. The van der Waals surface area contributed by atoms with Crippen LogP contribution in [-0.2, 0) is 11.2 Å². The van der Waals surface area contributed by atoms with Gasteiger partial charge in [-0.1, -0.05) is 0 Å². The Morgan fingerprint density at radius 1 is 1.16 bits per heavy atom. The van der Waals surface area contributed by atoms with Gasteiger partial charge in [-0.2, -0.15) is 0 Å². The Kier molecular flexibility index (Phi) is 6.63. The van der Waals surface area contributed by atoms with Gasteiger partial charge >= 0.3 is 6.03 Å². The lowest BCUT2D eigenvalue weighted by Gasteiger charge is -2.27. The van der Waals surface area contributed by atoms with E-state index in [9.17, 15) is 4.79 Å². The fourth-order valence-corrected chi connectivity index (χ4v) is 3.21. The topological polar surface area (TPSA) is 102 Å². The summed E-state index contributed by atoms with van der Waals surface area (Å²) in [5.74, 6) is 2.19. The zero-order valence-corrected chi connectivity index (χ0v) is 17.3. The lowest BCUT2D eigenvalue weighted by atomic mass is 10.2. The molecule has 3 aromatic rings. The van der Waals surface area contributed by atoms with E-state index in [0.29, 0.717) is 37.8 Å². The van der Waals surface area contributed by atoms with E-state index in [4.69, 9.17) is 13.9 Å². The first-order valence-corrected chi connectivity index (χ1v) is 10.1. The predicted octanol–water partition coefficient (Wildman–Crippen LogP) is 2.95. The molecule has 2 amide bonds. The van der Waals surface area contributed by atoms with Crippen LogP contribution in [0.4, 0.5) is 16.3 Å². The molecule has 162 valence electrons. The van der Waals surface area contributed by atoms with Crippen LogP contribution in [0.2, 0.25) is 0 Å². The predicted molar refractivity (Wildman–Crippen MR) is 116 cm³/mol. The van der Waals surface area contributed by atoms with Crippen LogP contribution < -0.4 is 20.3 Å². The standard InChI is InChI=1S/C22H25N5O4/c1-29-19-5-2-16(3-6-19)21-25-18(15-31-21)8-9-23-22(28)26-17-4-7-20(24-14-17)27-10-12-30-13-11-27/h2-7,14-15H,8-13H2,1H3,(H2,23,26,28). The third-order valence-corrected chi connectivity index (χ3v) is 4.90. The molecule has 2 aromatic heterocycles. The smallest absolute Gasteiger partial charge is 0.319 e. The highest BCUT2D eigenvalue weighted by Crippen LogP contribution is 2.22. The number of carbonyl (C=O) groups excluding carboxylic acids is 1. The summed E-state index contributed by atoms with van der Waals surface area (Å²) in [6.45, 7) is 3.49. The number of carbonyl (C=O) groups is 1. The number of rotatable bonds is 7. The van der Waals surface area contributed by atoms with E-state index in [0.717, 1.165) is 35.9 Å². The minimum Gasteiger partial charge on any atom is -0.497 e. The van der Waals surface area contributed by atoms with Crippen molar-refractivity contribution in [3.63, 3.8) is 0 Å². The molecule has 0 saturated carbocycles. The molecule has 1 aliphatic rings. The summed E-state index contributed by atoms with van der Waals surface area (Å²) in [4.78, 5) is 23.2. The van der Waals surface area contributed by atoms with E-state index >= 15 is 0 Å². The average Bonchev–Trinajstić information content (AvgIpc) is 3.29. The third-order valence-electron chi connectivity index (χ3n) is 4.90. The maximum atomic E-state index is 12.1. The SMILES string of the molecule is COc1ccc(-c2nc(CCNC(=O)Nc3ccc(N4CCOCC4)nc3)co2)cc1. The van der Waals surface area contributed by atoms with Gasteiger partial charge in [-0.05, 0) is 36.4 Å². The Morgan fingerprint density at radius 3 is 2.68 bits per heavy atom. The van der Waals surface area contributed by atoms with E-state index in [-0.39, 0.29) is 6.03 Å². The monoisotopic (exact) mass is 423 g/mol. The van der Waals surface area contributed by atoms with Gasteiger partial charge in [-0.3, -0.25) is 0 Å². The van der Waals surface area contributed by atoms with Crippen molar-refractivity contribution >= 4 is 17.5 Å². The summed E-state index contributed by atoms with van der Waals surface area (Å²) in [5, 5.41) is 5.61. The Morgan fingerprint density at radius 2 is 1.97 bits per heavy atom. The number of oxazole rings is 1. The number of urea groups is 1. The number of benzene rings is 1. The van der Waals surface area contributed by atoms with Crippen LogP contribution in [0.25, 0.3) is 11.5 Å². The summed E-state index contributed by atoms with van der Waals surface area (Å²) in [6, 6.07) is 10.9. The Balaban J connectivity index is 1.22. The molecule has 0 bridgehead atoms. The van der Waals surface area contributed by atoms with Gasteiger partial charge in [-0.25, -0.2) is 14.8 Å². The highest BCUT2D eigenvalue weighted by atomic mass is 16.5. The maximum absolute atomic E-state index is 12.1. The summed E-state index contributed by atoms with van der Waals surface area (Å²) in [7, 11) is 1.62. The number of pyridine rings is 1. The highest BCUT2D eigenvalue weighted by Gasteiger charge is 2.12. The number of hydrogen-bond acceptors (Lipinski definition) is 7. The van der Waals surface area contributed by atoms with Crippen LogP contribution in [0.5, 0.6) is 5.75 Å². The fraction of sp³-hybridized carbons (Fsp3) is 0.318. The summed E-state index contributed by atoms with van der Waals surface area (Å²) in [5.41, 5.74) is 2.27. The number of hydrogen-bond donors (Lipinski definition) is 2. The molecule has 9 nitrogen and oxygen atoms in total. The quantitative estimate of drug-likeness (QED) is 0.602. The van der Waals surface area contributed by atoms with E-state index in [1.54, 1.807) is 19.6 Å². The number of anilines is 2. The maximum Gasteiger partial charge on any atom is 0.319 e. The van der Waals surface area contributed by atoms with Gasteiger partial charge in [0.15, 0.2) is 0 Å². The second-order valence-electron chi connectivity index (χ2n) is 7.01. The fourth-order valence-electron chi connectivity index (χ4n) is 3.21. The molecule has 1 aromatic carbocycles. The molecule has 9 heteroatoms. The molecule has 31 heavy (non-hydrogen) atoms. The number of morpholine rings is 1. The number of methoxy groups -OCH3 is 1. The summed E-state index contributed by atoms with van der Waals surface area (Å²) >= 11 is 0. The number of nitrogens with zero attached hydrogens (tertiary/aromatic N) is 3. The van der Waals surface area contributed by atoms with Gasteiger partial charge in [0.1, 0.15) is 17.8 Å². The molecule has 3 heterocycles. The van der Waals surface area contributed by atoms with Gasteiger partial charge in [0.25, 0.3) is 0 Å². The van der Waals surface area contributed by atoms with E-state index < -0.39 is 0 Å². The van der Waals surface area contributed by atoms with Crippen molar-refractivity contribution in [2.45, 2.75) is 6.42 Å². The lowest BCUT2D eigenvalue weighted by molar-refractivity contribution is 0.122. The molecule has 0 unspecified atom stereocenters. The van der Waals surface area contributed by atoms with E-state index in [1.165, 1.54) is 0 Å². The van der Waals surface area contributed by atoms with Crippen LogP contribution in [0, 0.1) is 0 Å². The van der Waals surface area contributed by atoms with Gasteiger partial charge < -0.3 is 29.4 Å². The largest absolute Gasteiger partial charge is 0.497 e. The second-order valence-corrected chi connectivity index (χ2v) is 7.01. The molecular weight excluding hydrogens is 398 g/mol. The first-order chi connectivity index (χ1) is 15.2. The molecular formula is C22H25N5O4. The summed E-state index contributed by atoms with van der Waals surface area (Å²) in [6.07, 6.45) is 3.82. The second kappa shape index (κ2) is 9.94. The Labute approximate surface area is 180 Å². The molecule has 1 fully saturated rings. The number of ether oxygens (including phenoxy) is 2. The third kappa shape index (κ3) is 5.52. The van der Waals surface area contributed by atoms with Crippen molar-refractivity contribution in [2.24, 2.45) is 0 Å². The van der Waals surface area contributed by atoms with Gasteiger partial charge in [0.2, 0.25) is 5.89 Å². The van der Waals surface area contributed by atoms with Crippen molar-refractivity contribution in [1.82, 2.24) is 15.3 Å². The van der Waals surface area contributed by atoms with Gasteiger partial charge in [0, 0.05) is 31.6 Å². The lowest BCUT2D eigenvalue weighted by Crippen LogP contribution is -2.36. The van der Waals surface area contributed by atoms with Crippen molar-refractivity contribution in [2.75, 3.05) is 50.2 Å². The molecule has 4 rings (SSSR count). The normalized spacial score (nSPS) is 13.6. The van der Waals surface area contributed by atoms with Crippen LogP contribution in [-0.4, -0.2) is 56.0 Å². The van der Waals surface area contributed by atoms with Crippen molar-refractivity contribution in [1.29, 1.82) is 0 Å². The minimum absolute atomic E-state index is 0.292.